The van der Waals surface area contributed by atoms with Crippen molar-refractivity contribution in [1.82, 2.24) is 19.7 Å². The third-order valence-electron chi connectivity index (χ3n) is 4.83. The summed E-state index contributed by atoms with van der Waals surface area (Å²) in [7, 11) is 1.64. The van der Waals surface area contributed by atoms with Gasteiger partial charge in [-0.3, -0.25) is 4.79 Å². The molecule has 28 heavy (non-hydrogen) atoms. The van der Waals surface area contributed by atoms with Crippen molar-refractivity contribution in [2.45, 2.75) is 33.1 Å². The molecule has 3 heterocycles. The van der Waals surface area contributed by atoms with Gasteiger partial charge in [-0.25, -0.2) is 9.97 Å². The van der Waals surface area contributed by atoms with Crippen LogP contribution in [0.4, 0.5) is 5.82 Å². The number of benzene rings is 1. The van der Waals surface area contributed by atoms with E-state index in [0.717, 1.165) is 38.4 Å². The molecular formula is C20H20BrN5O2. The molecule has 8 heteroatoms. The van der Waals surface area contributed by atoms with Gasteiger partial charge in [-0.05, 0) is 45.0 Å². The standard InChI is InChI=1S/C20H20BrN5O2/c1-10-7-11(2)23-20(22-10)26-19-18(12(3)25-26)15(9-17(27)24-19)14-8-13(21)5-6-16(14)28-4/h5-8,15H,9H2,1-4H3,(H,24,27)/t15-/m1/s1. The quantitative estimate of drug-likeness (QED) is 0.667. The molecule has 0 bridgehead atoms. The Hall–Kier alpha value is -2.74. The summed E-state index contributed by atoms with van der Waals surface area (Å²) in [5.74, 6) is 1.55. The maximum atomic E-state index is 12.6. The highest BCUT2D eigenvalue weighted by Crippen LogP contribution is 2.43. The molecule has 3 aromatic rings. The number of aromatic nitrogens is 4. The van der Waals surface area contributed by atoms with Gasteiger partial charge in [0.15, 0.2) is 0 Å². The summed E-state index contributed by atoms with van der Waals surface area (Å²) < 4.78 is 8.12. The van der Waals surface area contributed by atoms with Crippen molar-refractivity contribution in [3.8, 4) is 11.7 Å². The molecule has 7 nitrogen and oxygen atoms in total. The van der Waals surface area contributed by atoms with E-state index in [1.165, 1.54) is 0 Å². The Morgan fingerprint density at radius 3 is 2.57 bits per heavy atom. The monoisotopic (exact) mass is 441 g/mol. The SMILES string of the molecule is COc1ccc(Br)cc1[C@H]1CC(=O)Nc2c1c(C)nn2-c1nc(C)cc(C)n1. The van der Waals surface area contributed by atoms with Gasteiger partial charge in [-0.15, -0.1) is 0 Å². The van der Waals surface area contributed by atoms with E-state index in [2.05, 4.69) is 36.3 Å². The van der Waals surface area contributed by atoms with Crippen LogP contribution < -0.4 is 10.1 Å². The van der Waals surface area contributed by atoms with Crippen molar-refractivity contribution in [3.63, 3.8) is 0 Å². The Bertz CT molecular complexity index is 1070. The maximum Gasteiger partial charge on any atom is 0.252 e. The Kier molecular flexibility index (Phi) is 4.66. The van der Waals surface area contributed by atoms with E-state index in [0.29, 0.717) is 18.2 Å². The highest BCUT2D eigenvalue weighted by atomic mass is 79.9. The molecule has 0 aliphatic carbocycles. The molecule has 1 N–H and O–H groups in total. The lowest BCUT2D eigenvalue weighted by molar-refractivity contribution is -0.116. The van der Waals surface area contributed by atoms with Crippen LogP contribution in [0.3, 0.4) is 0 Å². The summed E-state index contributed by atoms with van der Waals surface area (Å²) in [6, 6.07) is 7.72. The van der Waals surface area contributed by atoms with E-state index in [9.17, 15) is 4.79 Å². The van der Waals surface area contributed by atoms with Crippen LogP contribution in [-0.4, -0.2) is 32.8 Å². The minimum Gasteiger partial charge on any atom is -0.496 e. The number of fused-ring (bicyclic) bond motifs is 1. The second-order valence-electron chi connectivity index (χ2n) is 6.90. The van der Waals surface area contributed by atoms with Crippen LogP contribution in [0.5, 0.6) is 5.75 Å². The number of carbonyl (C=O) groups excluding carboxylic acids is 1. The van der Waals surface area contributed by atoms with E-state index < -0.39 is 0 Å². The molecule has 1 aliphatic rings. The van der Waals surface area contributed by atoms with Gasteiger partial charge in [0.05, 0.1) is 12.8 Å². The first-order valence-corrected chi connectivity index (χ1v) is 9.72. The van der Waals surface area contributed by atoms with Crippen LogP contribution >= 0.6 is 15.9 Å². The Balaban J connectivity index is 1.92. The number of amides is 1. The summed E-state index contributed by atoms with van der Waals surface area (Å²) in [6.07, 6.45) is 0.319. The first-order chi connectivity index (χ1) is 13.4. The van der Waals surface area contributed by atoms with Gasteiger partial charge in [0.2, 0.25) is 5.91 Å². The fourth-order valence-corrected chi connectivity index (χ4v) is 4.12. The van der Waals surface area contributed by atoms with E-state index in [1.807, 2.05) is 45.0 Å². The van der Waals surface area contributed by atoms with Crippen LogP contribution in [0.25, 0.3) is 5.95 Å². The number of nitrogens with one attached hydrogen (secondary N) is 1. The molecular weight excluding hydrogens is 422 g/mol. The summed E-state index contributed by atoms with van der Waals surface area (Å²) in [4.78, 5) is 21.6. The van der Waals surface area contributed by atoms with Gasteiger partial charge in [0.1, 0.15) is 11.6 Å². The minimum atomic E-state index is -0.171. The number of anilines is 1. The van der Waals surface area contributed by atoms with Crippen molar-refractivity contribution in [2.75, 3.05) is 12.4 Å². The van der Waals surface area contributed by atoms with Gasteiger partial charge in [-0.1, -0.05) is 15.9 Å². The van der Waals surface area contributed by atoms with Crippen LogP contribution in [0.15, 0.2) is 28.7 Å². The summed E-state index contributed by atoms with van der Waals surface area (Å²) in [5.41, 5.74) is 4.41. The average Bonchev–Trinajstić information content (AvgIpc) is 2.96. The van der Waals surface area contributed by atoms with Crippen molar-refractivity contribution < 1.29 is 9.53 Å². The normalized spacial score (nSPS) is 15.9. The summed E-state index contributed by atoms with van der Waals surface area (Å²) in [5, 5.41) is 7.62. The highest BCUT2D eigenvalue weighted by molar-refractivity contribution is 9.10. The van der Waals surface area contributed by atoms with Crippen molar-refractivity contribution >= 4 is 27.7 Å². The topological polar surface area (TPSA) is 81.9 Å². The molecule has 0 radical (unpaired) electrons. The van der Waals surface area contributed by atoms with Gasteiger partial charge < -0.3 is 10.1 Å². The molecule has 1 aliphatic heterocycles. The minimum absolute atomic E-state index is 0.0787. The third kappa shape index (κ3) is 3.17. The van der Waals surface area contributed by atoms with E-state index in [-0.39, 0.29) is 11.8 Å². The van der Waals surface area contributed by atoms with E-state index >= 15 is 0 Å². The molecule has 0 spiro atoms. The number of hydrogen-bond acceptors (Lipinski definition) is 5. The Morgan fingerprint density at radius 1 is 1.18 bits per heavy atom. The number of ether oxygens (including phenoxy) is 1. The van der Waals surface area contributed by atoms with Crippen LogP contribution in [0, 0.1) is 20.8 Å². The zero-order valence-corrected chi connectivity index (χ0v) is 17.7. The molecule has 1 atom stereocenters. The van der Waals surface area contributed by atoms with Crippen LogP contribution in [0.2, 0.25) is 0 Å². The molecule has 1 aromatic carbocycles. The molecule has 0 saturated heterocycles. The third-order valence-corrected chi connectivity index (χ3v) is 5.32. The highest BCUT2D eigenvalue weighted by Gasteiger charge is 2.34. The second-order valence-corrected chi connectivity index (χ2v) is 7.82. The van der Waals surface area contributed by atoms with Gasteiger partial charge in [-0.2, -0.15) is 9.78 Å². The maximum absolute atomic E-state index is 12.6. The van der Waals surface area contributed by atoms with Gasteiger partial charge >= 0.3 is 0 Å². The van der Waals surface area contributed by atoms with Crippen molar-refractivity contribution in [1.29, 1.82) is 0 Å². The van der Waals surface area contributed by atoms with Gasteiger partial charge in [0.25, 0.3) is 5.95 Å². The Morgan fingerprint density at radius 2 is 1.89 bits per heavy atom. The van der Waals surface area contributed by atoms with Crippen molar-refractivity contribution in [3.05, 3.63) is 56.9 Å². The fraction of sp³-hybridized carbons (Fsp3) is 0.300. The van der Waals surface area contributed by atoms with Crippen LogP contribution in [0.1, 0.15) is 40.5 Å². The lowest BCUT2D eigenvalue weighted by atomic mass is 9.85. The largest absolute Gasteiger partial charge is 0.496 e. The molecule has 1 amide bonds. The Labute approximate surface area is 171 Å². The zero-order chi connectivity index (χ0) is 20.0. The molecule has 4 rings (SSSR count). The fourth-order valence-electron chi connectivity index (χ4n) is 3.74. The number of rotatable bonds is 3. The average molecular weight is 442 g/mol. The zero-order valence-electron chi connectivity index (χ0n) is 16.1. The van der Waals surface area contributed by atoms with E-state index in [1.54, 1.807) is 11.8 Å². The molecule has 2 aromatic heterocycles. The smallest absolute Gasteiger partial charge is 0.252 e. The predicted molar refractivity (Wildman–Crippen MR) is 109 cm³/mol. The molecule has 0 fully saturated rings. The lowest BCUT2D eigenvalue weighted by Gasteiger charge is -2.25. The van der Waals surface area contributed by atoms with Crippen LogP contribution in [-0.2, 0) is 4.79 Å². The molecule has 0 unspecified atom stereocenters. The number of hydrogen-bond donors (Lipinski definition) is 1. The summed E-state index contributed by atoms with van der Waals surface area (Å²) in [6.45, 7) is 5.76. The van der Waals surface area contributed by atoms with Gasteiger partial charge in [0, 0.05) is 39.3 Å². The first-order valence-electron chi connectivity index (χ1n) is 8.93. The van der Waals surface area contributed by atoms with Crippen molar-refractivity contribution in [2.24, 2.45) is 0 Å². The first kappa shape index (κ1) is 18.6. The number of methoxy groups -OCH3 is 1. The second kappa shape index (κ2) is 7.01. The summed E-state index contributed by atoms with van der Waals surface area (Å²) >= 11 is 3.53. The molecule has 144 valence electrons. The number of carbonyl (C=O) groups is 1. The number of halogens is 1. The predicted octanol–water partition coefficient (Wildman–Crippen LogP) is 3.83. The lowest BCUT2D eigenvalue weighted by Crippen LogP contribution is -2.25. The van der Waals surface area contributed by atoms with E-state index in [4.69, 9.17) is 4.74 Å². The molecule has 0 saturated carbocycles. The number of nitrogens with zero attached hydrogens (tertiary/aromatic N) is 4. The number of aryl methyl sites for hydroxylation is 3.